The number of aliphatic hydroxyl groups excluding tert-OH is 1. The Morgan fingerprint density at radius 3 is 2.78 bits per heavy atom. The first-order valence-corrected chi connectivity index (χ1v) is 7.15. The van der Waals surface area contributed by atoms with Gasteiger partial charge in [0.15, 0.2) is 17.4 Å². The average Bonchev–Trinajstić information content (AvgIpc) is 3.08. The molecule has 0 bridgehead atoms. The molecule has 23 heavy (non-hydrogen) atoms. The van der Waals surface area contributed by atoms with Gasteiger partial charge in [-0.25, -0.2) is 9.97 Å². The maximum absolute atomic E-state index is 9.52. The molecule has 0 saturated heterocycles. The minimum Gasteiger partial charge on any atom is -0.445 e. The van der Waals surface area contributed by atoms with Crippen molar-refractivity contribution in [3.8, 4) is 11.5 Å². The quantitative estimate of drug-likeness (QED) is 0.843. The number of fused-ring (bicyclic) bond motifs is 2. The first kappa shape index (κ1) is 13.9. The fraction of sp³-hybridized carbons (Fsp3) is 0.429. The summed E-state index contributed by atoms with van der Waals surface area (Å²) in [6.45, 7) is 3.77. The summed E-state index contributed by atoms with van der Waals surface area (Å²) in [6.07, 6.45) is 1.40. The Bertz CT molecular complexity index is 788. The van der Waals surface area contributed by atoms with Gasteiger partial charge in [-0.1, -0.05) is 0 Å². The van der Waals surface area contributed by atoms with Crippen molar-refractivity contribution in [2.24, 2.45) is 0 Å². The van der Waals surface area contributed by atoms with Crippen LogP contribution in [0.25, 0.3) is 0 Å². The molecule has 0 atom stereocenters. The van der Waals surface area contributed by atoms with Crippen LogP contribution >= 0.6 is 0 Å². The van der Waals surface area contributed by atoms with Crippen LogP contribution in [0, 0.1) is 0 Å². The lowest BCUT2D eigenvalue weighted by Gasteiger charge is -2.20. The number of rotatable bonds is 2. The van der Waals surface area contributed by atoms with Gasteiger partial charge in [-0.2, -0.15) is 0 Å². The van der Waals surface area contributed by atoms with E-state index in [0.717, 1.165) is 5.69 Å². The molecule has 0 saturated carbocycles. The third-order valence-electron chi connectivity index (χ3n) is 3.78. The highest BCUT2D eigenvalue weighted by atomic mass is 16.7. The molecular formula is C14H17N5O4. The van der Waals surface area contributed by atoms with E-state index < -0.39 is 5.79 Å². The van der Waals surface area contributed by atoms with E-state index in [1.165, 1.54) is 6.33 Å². The van der Waals surface area contributed by atoms with Crippen molar-refractivity contribution < 1.29 is 19.0 Å². The third-order valence-corrected chi connectivity index (χ3v) is 3.78. The Morgan fingerprint density at radius 1 is 1.30 bits per heavy atom. The Labute approximate surface area is 132 Å². The van der Waals surface area contributed by atoms with Crippen LogP contribution in [0.3, 0.4) is 0 Å². The topological polar surface area (TPSA) is 110 Å². The second kappa shape index (κ2) is 4.42. The smallest absolute Gasteiger partial charge is 0.250 e. The summed E-state index contributed by atoms with van der Waals surface area (Å²) in [5, 5.41) is 9.52. The van der Waals surface area contributed by atoms with Gasteiger partial charge < -0.3 is 29.6 Å². The predicted molar refractivity (Wildman–Crippen MR) is 81.8 cm³/mol. The fourth-order valence-corrected chi connectivity index (χ4v) is 2.88. The van der Waals surface area contributed by atoms with Gasteiger partial charge in [-0.15, -0.1) is 0 Å². The molecule has 122 valence electrons. The maximum Gasteiger partial charge on any atom is 0.250 e. The lowest BCUT2D eigenvalue weighted by molar-refractivity contribution is -0.0469. The van der Waals surface area contributed by atoms with Crippen LogP contribution in [0.1, 0.15) is 19.6 Å². The summed E-state index contributed by atoms with van der Waals surface area (Å²) < 4.78 is 17.3. The summed E-state index contributed by atoms with van der Waals surface area (Å²) in [4.78, 5) is 12.0. The molecule has 0 radical (unpaired) electrons. The maximum atomic E-state index is 9.52. The summed E-state index contributed by atoms with van der Waals surface area (Å²) in [7, 11) is 1.88. The molecule has 0 unspecified atom stereocenters. The highest BCUT2D eigenvalue weighted by Gasteiger charge is 2.43. The van der Waals surface area contributed by atoms with E-state index in [2.05, 4.69) is 9.97 Å². The molecule has 3 N–H and O–H groups in total. The number of nitrogen functional groups attached to an aromatic ring is 1. The molecule has 9 heteroatoms. The van der Waals surface area contributed by atoms with Gasteiger partial charge in [0.1, 0.15) is 18.6 Å². The molecule has 0 spiro atoms. The van der Waals surface area contributed by atoms with E-state index in [1.54, 1.807) is 13.8 Å². The van der Waals surface area contributed by atoms with E-state index in [0.29, 0.717) is 41.4 Å². The molecule has 0 fully saturated rings. The van der Waals surface area contributed by atoms with Crippen LogP contribution in [-0.2, 0) is 6.61 Å². The SMILES string of the molecule is CN1CN(c2oc(CO)c3c2OC(C)(C)O3)c2ncnc(N)c21. The van der Waals surface area contributed by atoms with Crippen molar-refractivity contribution in [2.75, 3.05) is 29.2 Å². The monoisotopic (exact) mass is 319 g/mol. The normalized spacial score (nSPS) is 17.7. The molecule has 0 aliphatic carbocycles. The second-order valence-electron chi connectivity index (χ2n) is 5.95. The number of nitrogens with zero attached hydrogens (tertiary/aromatic N) is 4. The summed E-state index contributed by atoms with van der Waals surface area (Å²) >= 11 is 0. The van der Waals surface area contributed by atoms with Crippen molar-refractivity contribution in [1.82, 2.24) is 9.97 Å². The lowest BCUT2D eigenvalue weighted by Crippen LogP contribution is -2.31. The number of aromatic nitrogens is 2. The molecule has 9 nitrogen and oxygen atoms in total. The summed E-state index contributed by atoms with van der Waals surface area (Å²) in [6, 6.07) is 0. The number of hydrogen-bond donors (Lipinski definition) is 2. The highest BCUT2D eigenvalue weighted by molar-refractivity contribution is 5.86. The van der Waals surface area contributed by atoms with Crippen LogP contribution in [0.5, 0.6) is 11.5 Å². The highest BCUT2D eigenvalue weighted by Crippen LogP contribution is 2.54. The van der Waals surface area contributed by atoms with Gasteiger partial charge in [0.25, 0.3) is 0 Å². The molecule has 2 aliphatic heterocycles. The molecule has 4 rings (SSSR count). The molecule has 0 aromatic carbocycles. The number of furan rings is 1. The average molecular weight is 319 g/mol. The summed E-state index contributed by atoms with van der Waals surface area (Å²) in [5.41, 5.74) is 6.67. The van der Waals surface area contributed by atoms with Crippen LogP contribution in [0.15, 0.2) is 10.7 Å². The van der Waals surface area contributed by atoms with E-state index >= 15 is 0 Å². The van der Waals surface area contributed by atoms with Crippen molar-refractivity contribution in [2.45, 2.75) is 26.2 Å². The summed E-state index contributed by atoms with van der Waals surface area (Å²) in [5.74, 6) is 1.82. The van der Waals surface area contributed by atoms with Gasteiger partial charge in [-0.05, 0) is 0 Å². The first-order valence-electron chi connectivity index (χ1n) is 7.15. The Balaban J connectivity index is 1.85. The van der Waals surface area contributed by atoms with Crippen LogP contribution in [0.2, 0.25) is 0 Å². The van der Waals surface area contributed by atoms with Gasteiger partial charge in [0.2, 0.25) is 23.2 Å². The van der Waals surface area contributed by atoms with E-state index in [-0.39, 0.29) is 6.61 Å². The minimum absolute atomic E-state index is 0.287. The first-order chi connectivity index (χ1) is 10.9. The Hall–Kier alpha value is -2.68. The number of nitrogens with two attached hydrogens (primary N) is 1. The third kappa shape index (κ3) is 1.89. The lowest BCUT2D eigenvalue weighted by atomic mass is 10.4. The van der Waals surface area contributed by atoms with E-state index in [1.807, 2.05) is 16.8 Å². The molecule has 2 aromatic rings. The predicted octanol–water partition coefficient (Wildman–Crippen LogP) is 1.20. The zero-order chi connectivity index (χ0) is 16.4. The minimum atomic E-state index is -0.820. The number of anilines is 4. The van der Waals surface area contributed by atoms with Crippen molar-refractivity contribution >= 4 is 23.2 Å². The zero-order valence-corrected chi connectivity index (χ0v) is 13.0. The standard InChI is InChI=1S/C14H17N5O4/c1-14(2)22-9-7(4-20)21-13(10(9)23-14)19-6-18(3)8-11(15)16-5-17-12(8)19/h5,20H,4,6H2,1-3H3,(H2,15,16,17). The second-order valence-corrected chi connectivity index (χ2v) is 5.95. The van der Waals surface area contributed by atoms with Gasteiger partial charge in [0.05, 0.1) is 6.67 Å². The van der Waals surface area contributed by atoms with Gasteiger partial charge >= 0.3 is 0 Å². The molecule has 2 aliphatic rings. The van der Waals surface area contributed by atoms with Crippen LogP contribution in [0.4, 0.5) is 23.2 Å². The zero-order valence-electron chi connectivity index (χ0n) is 13.0. The fourth-order valence-electron chi connectivity index (χ4n) is 2.88. The van der Waals surface area contributed by atoms with Crippen LogP contribution < -0.4 is 25.0 Å². The van der Waals surface area contributed by atoms with E-state index in [4.69, 9.17) is 19.6 Å². The molecule has 2 aromatic heterocycles. The van der Waals surface area contributed by atoms with Gasteiger partial charge in [-0.3, -0.25) is 4.90 Å². The number of aliphatic hydroxyl groups is 1. The molecule has 0 amide bonds. The number of hydrogen-bond acceptors (Lipinski definition) is 9. The Morgan fingerprint density at radius 2 is 2.04 bits per heavy atom. The largest absolute Gasteiger partial charge is 0.445 e. The number of ether oxygens (including phenoxy) is 2. The van der Waals surface area contributed by atoms with Crippen molar-refractivity contribution in [1.29, 1.82) is 0 Å². The van der Waals surface area contributed by atoms with Crippen molar-refractivity contribution in [3.05, 3.63) is 12.1 Å². The molecular weight excluding hydrogens is 302 g/mol. The molecule has 4 heterocycles. The Kier molecular flexibility index (Phi) is 2.68. The van der Waals surface area contributed by atoms with Crippen molar-refractivity contribution in [3.63, 3.8) is 0 Å². The van der Waals surface area contributed by atoms with Gasteiger partial charge in [0, 0.05) is 20.9 Å². The van der Waals surface area contributed by atoms with Crippen LogP contribution in [-0.4, -0.2) is 34.6 Å². The van der Waals surface area contributed by atoms with E-state index in [9.17, 15) is 5.11 Å².